The van der Waals surface area contributed by atoms with Gasteiger partial charge in [-0.3, -0.25) is 4.90 Å². The fourth-order valence-electron chi connectivity index (χ4n) is 4.52. The topological polar surface area (TPSA) is 23.5 Å². The van der Waals surface area contributed by atoms with E-state index in [1.165, 1.54) is 38.5 Å². The van der Waals surface area contributed by atoms with Crippen molar-refractivity contribution in [2.45, 2.75) is 82.5 Å². The molecule has 0 radical (unpaired) electrons. The van der Waals surface area contributed by atoms with Crippen LogP contribution in [0.2, 0.25) is 0 Å². The van der Waals surface area contributed by atoms with Crippen LogP contribution in [0.1, 0.15) is 58.3 Å². The van der Waals surface area contributed by atoms with E-state index in [4.69, 9.17) is 0 Å². The Morgan fingerprint density at radius 3 is 2.19 bits per heavy atom. The summed E-state index contributed by atoms with van der Waals surface area (Å²) in [5, 5.41) is 9.92. The number of nitrogens with zero attached hydrogens (tertiary/aromatic N) is 1. The molecular weight excluding hydrogens is 198 g/mol. The molecule has 3 unspecified atom stereocenters. The molecule has 1 saturated carbocycles. The van der Waals surface area contributed by atoms with E-state index in [1.54, 1.807) is 0 Å². The zero-order valence-corrected chi connectivity index (χ0v) is 10.4. The van der Waals surface area contributed by atoms with E-state index in [9.17, 15) is 5.11 Å². The van der Waals surface area contributed by atoms with Gasteiger partial charge in [0.25, 0.3) is 0 Å². The molecular formula is C14H25NO. The molecule has 3 atom stereocenters. The van der Waals surface area contributed by atoms with Gasteiger partial charge in [-0.15, -0.1) is 0 Å². The predicted octanol–water partition coefficient (Wildman–Crippen LogP) is 2.55. The average molecular weight is 223 g/mol. The van der Waals surface area contributed by atoms with Gasteiger partial charge in [0.2, 0.25) is 0 Å². The van der Waals surface area contributed by atoms with Gasteiger partial charge in [-0.05, 0) is 50.9 Å². The molecule has 2 saturated heterocycles. The molecule has 92 valence electrons. The molecule has 0 aromatic heterocycles. The summed E-state index contributed by atoms with van der Waals surface area (Å²) in [6, 6.07) is 2.44. The Hall–Kier alpha value is -0.0800. The molecule has 2 heteroatoms. The van der Waals surface area contributed by atoms with Crippen molar-refractivity contribution >= 4 is 0 Å². The van der Waals surface area contributed by atoms with Crippen LogP contribution in [0.3, 0.4) is 0 Å². The molecule has 2 bridgehead atoms. The summed E-state index contributed by atoms with van der Waals surface area (Å²) < 4.78 is 0. The Balaban J connectivity index is 1.75. The lowest BCUT2D eigenvalue weighted by Gasteiger charge is -2.42. The summed E-state index contributed by atoms with van der Waals surface area (Å²) in [6.07, 6.45) is 10.3. The normalized spacial score (nSPS) is 48.8. The van der Waals surface area contributed by atoms with Gasteiger partial charge in [-0.2, -0.15) is 0 Å². The van der Waals surface area contributed by atoms with Crippen LogP contribution in [-0.2, 0) is 0 Å². The molecule has 3 rings (SSSR count). The smallest absolute Gasteiger partial charge is 0.0555 e. The molecule has 0 spiro atoms. The second kappa shape index (κ2) is 4.30. The second-order valence-corrected chi connectivity index (χ2v) is 6.11. The van der Waals surface area contributed by atoms with Gasteiger partial charge in [0, 0.05) is 18.1 Å². The first kappa shape index (κ1) is 11.0. The highest BCUT2D eigenvalue weighted by Gasteiger charge is 2.46. The number of fused-ring (bicyclic) bond motifs is 2. The summed E-state index contributed by atoms with van der Waals surface area (Å²) in [4.78, 5) is 2.82. The van der Waals surface area contributed by atoms with E-state index in [-0.39, 0.29) is 6.10 Å². The third kappa shape index (κ3) is 1.70. The van der Waals surface area contributed by atoms with Gasteiger partial charge < -0.3 is 5.11 Å². The second-order valence-electron chi connectivity index (χ2n) is 6.11. The molecule has 2 heterocycles. The molecule has 0 aromatic rings. The molecule has 2 aliphatic heterocycles. The van der Waals surface area contributed by atoms with Crippen molar-refractivity contribution < 1.29 is 5.11 Å². The van der Waals surface area contributed by atoms with Crippen LogP contribution in [0.5, 0.6) is 0 Å². The van der Waals surface area contributed by atoms with Crippen molar-refractivity contribution in [3.8, 4) is 0 Å². The predicted molar refractivity (Wildman–Crippen MR) is 65.3 cm³/mol. The van der Waals surface area contributed by atoms with Gasteiger partial charge in [0.15, 0.2) is 0 Å². The minimum atomic E-state index is -0.0206. The third-order valence-corrected chi connectivity index (χ3v) is 5.35. The van der Waals surface area contributed by atoms with Gasteiger partial charge in [-0.1, -0.05) is 13.3 Å². The van der Waals surface area contributed by atoms with Crippen LogP contribution < -0.4 is 0 Å². The van der Waals surface area contributed by atoms with Crippen molar-refractivity contribution in [3.05, 3.63) is 0 Å². The minimum absolute atomic E-state index is 0.0206. The standard InChI is InChI=1S/C14H25NO/c1-2-10-3-8-13(16)9-14(10)15-11-4-5-12(15)7-6-11/h10-14,16H,2-9H2,1H3. The number of hydrogen-bond donors (Lipinski definition) is 1. The van der Waals surface area contributed by atoms with Crippen LogP contribution in [0.25, 0.3) is 0 Å². The first-order valence-electron chi connectivity index (χ1n) is 7.25. The maximum atomic E-state index is 9.92. The van der Waals surface area contributed by atoms with E-state index < -0.39 is 0 Å². The Kier molecular flexibility index (Phi) is 2.97. The Morgan fingerprint density at radius 2 is 1.62 bits per heavy atom. The van der Waals surface area contributed by atoms with Crippen molar-refractivity contribution in [3.63, 3.8) is 0 Å². The van der Waals surface area contributed by atoms with Gasteiger partial charge in [0.05, 0.1) is 6.10 Å². The molecule has 2 nitrogen and oxygen atoms in total. The van der Waals surface area contributed by atoms with Crippen molar-refractivity contribution in [2.24, 2.45) is 5.92 Å². The van der Waals surface area contributed by atoms with Gasteiger partial charge in [0.1, 0.15) is 0 Å². The zero-order valence-electron chi connectivity index (χ0n) is 10.4. The van der Waals surface area contributed by atoms with Crippen molar-refractivity contribution in [1.82, 2.24) is 4.90 Å². The van der Waals surface area contributed by atoms with Gasteiger partial charge >= 0.3 is 0 Å². The minimum Gasteiger partial charge on any atom is -0.393 e. The average Bonchev–Trinajstić information content (AvgIpc) is 2.88. The van der Waals surface area contributed by atoms with E-state index in [1.807, 2.05) is 0 Å². The van der Waals surface area contributed by atoms with Crippen molar-refractivity contribution in [2.75, 3.05) is 0 Å². The summed E-state index contributed by atoms with van der Waals surface area (Å²) in [6.45, 7) is 2.33. The summed E-state index contributed by atoms with van der Waals surface area (Å²) in [7, 11) is 0. The Bertz CT molecular complexity index is 235. The lowest BCUT2D eigenvalue weighted by molar-refractivity contribution is 0.0175. The van der Waals surface area contributed by atoms with Crippen LogP contribution in [0, 0.1) is 5.92 Å². The summed E-state index contributed by atoms with van der Waals surface area (Å²) in [5.41, 5.74) is 0. The van der Waals surface area contributed by atoms with E-state index in [0.717, 1.165) is 30.8 Å². The highest BCUT2D eigenvalue weighted by Crippen LogP contribution is 2.44. The zero-order chi connectivity index (χ0) is 11.1. The largest absolute Gasteiger partial charge is 0.393 e. The molecule has 1 N–H and O–H groups in total. The summed E-state index contributed by atoms with van der Waals surface area (Å²) >= 11 is 0. The summed E-state index contributed by atoms with van der Waals surface area (Å²) in [5.74, 6) is 0.851. The fraction of sp³-hybridized carbons (Fsp3) is 1.00. The highest BCUT2D eigenvalue weighted by molar-refractivity contribution is 5.01. The highest BCUT2D eigenvalue weighted by atomic mass is 16.3. The first-order valence-corrected chi connectivity index (χ1v) is 7.25. The fourth-order valence-corrected chi connectivity index (χ4v) is 4.52. The van der Waals surface area contributed by atoms with Crippen LogP contribution in [-0.4, -0.2) is 34.2 Å². The van der Waals surface area contributed by atoms with Crippen LogP contribution in [0.4, 0.5) is 0 Å². The van der Waals surface area contributed by atoms with E-state index in [0.29, 0.717) is 6.04 Å². The maximum Gasteiger partial charge on any atom is 0.0555 e. The van der Waals surface area contributed by atoms with E-state index in [2.05, 4.69) is 11.8 Å². The van der Waals surface area contributed by atoms with Crippen LogP contribution in [0.15, 0.2) is 0 Å². The third-order valence-electron chi connectivity index (χ3n) is 5.35. The molecule has 1 aliphatic carbocycles. The number of aliphatic hydroxyl groups excluding tert-OH is 1. The van der Waals surface area contributed by atoms with Crippen LogP contribution >= 0.6 is 0 Å². The molecule has 16 heavy (non-hydrogen) atoms. The molecule has 3 fully saturated rings. The maximum absolute atomic E-state index is 9.92. The molecule has 0 aromatic carbocycles. The number of aliphatic hydroxyl groups is 1. The number of rotatable bonds is 2. The Morgan fingerprint density at radius 1 is 1.00 bits per heavy atom. The number of hydrogen-bond acceptors (Lipinski definition) is 2. The molecule has 0 amide bonds. The quantitative estimate of drug-likeness (QED) is 0.777. The molecule has 3 aliphatic rings. The lowest BCUT2D eigenvalue weighted by Crippen LogP contribution is -2.47. The first-order chi connectivity index (χ1) is 7.79. The van der Waals surface area contributed by atoms with Gasteiger partial charge in [-0.25, -0.2) is 0 Å². The van der Waals surface area contributed by atoms with E-state index >= 15 is 0 Å². The monoisotopic (exact) mass is 223 g/mol. The lowest BCUT2D eigenvalue weighted by atomic mass is 9.80. The Labute approximate surface area is 99.0 Å². The SMILES string of the molecule is CCC1CCC(O)CC1N1C2CCC1CC2. The van der Waals surface area contributed by atoms with Crippen molar-refractivity contribution in [1.29, 1.82) is 0 Å².